The fourth-order valence-electron chi connectivity index (χ4n) is 1.67. The van der Waals surface area contributed by atoms with Gasteiger partial charge in [-0.25, -0.2) is 0 Å². The van der Waals surface area contributed by atoms with Gasteiger partial charge in [0, 0.05) is 10.9 Å². The number of carbonyl (C=O) groups excluding carboxylic acids is 1. The van der Waals surface area contributed by atoms with Gasteiger partial charge in [0.2, 0.25) is 0 Å². The molecule has 0 aliphatic carbocycles. The summed E-state index contributed by atoms with van der Waals surface area (Å²) in [5.41, 5.74) is 0.692. The van der Waals surface area contributed by atoms with Crippen molar-refractivity contribution in [3.05, 3.63) is 28.2 Å². The second kappa shape index (κ2) is 7.49. The number of rotatable bonds is 7. The first-order chi connectivity index (χ1) is 8.19. The molecule has 0 heterocycles. The van der Waals surface area contributed by atoms with Crippen LogP contribution < -0.4 is 4.74 Å². The second-order valence-corrected chi connectivity index (χ2v) is 4.87. The van der Waals surface area contributed by atoms with Crippen molar-refractivity contribution in [1.82, 2.24) is 0 Å². The Kier molecular flexibility index (Phi) is 6.27. The summed E-state index contributed by atoms with van der Waals surface area (Å²) >= 11 is 3.39. The highest BCUT2D eigenvalue weighted by atomic mass is 79.9. The maximum Gasteiger partial charge on any atom is 0.166 e. The lowest BCUT2D eigenvalue weighted by Gasteiger charge is -2.09. The average Bonchev–Trinajstić information content (AvgIpc) is 2.32. The van der Waals surface area contributed by atoms with Gasteiger partial charge in [0.25, 0.3) is 0 Å². The summed E-state index contributed by atoms with van der Waals surface area (Å²) in [7, 11) is 0. The number of unbranched alkanes of at least 4 members (excludes halogenated alkanes) is 2. The van der Waals surface area contributed by atoms with E-state index in [0.29, 0.717) is 24.3 Å². The SMILES string of the molecule is CCCCCC(=O)c1cc(Br)ccc1OCC. The van der Waals surface area contributed by atoms with Crippen LogP contribution in [0.15, 0.2) is 22.7 Å². The highest BCUT2D eigenvalue weighted by Gasteiger charge is 2.12. The van der Waals surface area contributed by atoms with E-state index < -0.39 is 0 Å². The number of Topliss-reactive ketones (excluding diaryl/α,β-unsaturated/α-hetero) is 1. The van der Waals surface area contributed by atoms with E-state index in [1.807, 2.05) is 25.1 Å². The standard InChI is InChI=1S/C14H19BrO2/c1-3-5-6-7-13(16)12-10-11(15)8-9-14(12)17-4-2/h8-10H,3-7H2,1-2H3. The van der Waals surface area contributed by atoms with E-state index >= 15 is 0 Å². The monoisotopic (exact) mass is 298 g/mol. The smallest absolute Gasteiger partial charge is 0.166 e. The molecule has 1 aromatic rings. The predicted octanol–water partition coefficient (Wildman–Crippen LogP) is 4.61. The molecule has 0 amide bonds. The Bertz CT molecular complexity index is 374. The first-order valence-electron chi connectivity index (χ1n) is 6.14. The van der Waals surface area contributed by atoms with Crippen molar-refractivity contribution in [3.8, 4) is 5.75 Å². The Morgan fingerprint density at radius 2 is 2.06 bits per heavy atom. The van der Waals surface area contributed by atoms with E-state index in [1.54, 1.807) is 0 Å². The van der Waals surface area contributed by atoms with Crippen LogP contribution in [0.1, 0.15) is 49.9 Å². The lowest BCUT2D eigenvalue weighted by atomic mass is 10.0. The average molecular weight is 299 g/mol. The molecule has 0 unspecified atom stereocenters. The van der Waals surface area contributed by atoms with Gasteiger partial charge >= 0.3 is 0 Å². The maximum atomic E-state index is 12.1. The lowest BCUT2D eigenvalue weighted by molar-refractivity contribution is 0.0975. The molecule has 17 heavy (non-hydrogen) atoms. The summed E-state index contributed by atoms with van der Waals surface area (Å²) in [4.78, 5) is 12.1. The third kappa shape index (κ3) is 4.50. The number of ketones is 1. The number of benzene rings is 1. The first-order valence-corrected chi connectivity index (χ1v) is 6.93. The van der Waals surface area contributed by atoms with Crippen molar-refractivity contribution < 1.29 is 9.53 Å². The van der Waals surface area contributed by atoms with E-state index in [0.717, 1.165) is 23.7 Å². The van der Waals surface area contributed by atoms with Gasteiger partial charge in [0.1, 0.15) is 5.75 Å². The van der Waals surface area contributed by atoms with Crippen LogP contribution in [0.4, 0.5) is 0 Å². The normalized spacial score (nSPS) is 10.3. The van der Waals surface area contributed by atoms with Gasteiger partial charge in [-0.2, -0.15) is 0 Å². The van der Waals surface area contributed by atoms with Crippen molar-refractivity contribution >= 4 is 21.7 Å². The number of carbonyl (C=O) groups is 1. The molecule has 0 bridgehead atoms. The van der Waals surface area contributed by atoms with Gasteiger partial charge in [-0.15, -0.1) is 0 Å². The van der Waals surface area contributed by atoms with Gasteiger partial charge in [-0.3, -0.25) is 4.79 Å². The minimum Gasteiger partial charge on any atom is -0.493 e. The Morgan fingerprint density at radius 3 is 2.71 bits per heavy atom. The number of halogens is 1. The Morgan fingerprint density at radius 1 is 1.29 bits per heavy atom. The molecular formula is C14H19BrO2. The molecule has 94 valence electrons. The van der Waals surface area contributed by atoms with Gasteiger partial charge in [0.05, 0.1) is 12.2 Å². The maximum absolute atomic E-state index is 12.1. The molecule has 0 saturated carbocycles. The Balaban J connectivity index is 2.78. The minimum atomic E-state index is 0.170. The van der Waals surface area contributed by atoms with Gasteiger partial charge in [0.15, 0.2) is 5.78 Å². The molecule has 0 radical (unpaired) electrons. The van der Waals surface area contributed by atoms with Crippen LogP contribution >= 0.6 is 15.9 Å². The molecule has 0 aliphatic heterocycles. The van der Waals surface area contributed by atoms with E-state index in [-0.39, 0.29) is 5.78 Å². The van der Waals surface area contributed by atoms with Crippen molar-refractivity contribution in [1.29, 1.82) is 0 Å². The molecule has 0 aromatic heterocycles. The predicted molar refractivity (Wildman–Crippen MR) is 73.8 cm³/mol. The van der Waals surface area contributed by atoms with E-state index in [1.165, 1.54) is 0 Å². The highest BCUT2D eigenvalue weighted by Crippen LogP contribution is 2.25. The summed E-state index contributed by atoms with van der Waals surface area (Å²) in [5, 5.41) is 0. The number of ether oxygens (including phenoxy) is 1. The van der Waals surface area contributed by atoms with Crippen LogP contribution in [0.5, 0.6) is 5.75 Å². The minimum absolute atomic E-state index is 0.170. The highest BCUT2D eigenvalue weighted by molar-refractivity contribution is 9.10. The van der Waals surface area contributed by atoms with Crippen LogP contribution in [0.25, 0.3) is 0 Å². The summed E-state index contributed by atoms with van der Waals surface area (Å²) in [6, 6.07) is 5.59. The lowest BCUT2D eigenvalue weighted by Crippen LogP contribution is -2.04. The fourth-order valence-corrected chi connectivity index (χ4v) is 2.03. The number of hydrogen-bond acceptors (Lipinski definition) is 2. The van der Waals surface area contributed by atoms with E-state index in [9.17, 15) is 4.79 Å². The molecule has 3 heteroatoms. The van der Waals surface area contributed by atoms with Crippen LogP contribution in [-0.4, -0.2) is 12.4 Å². The molecule has 1 rings (SSSR count). The molecule has 0 saturated heterocycles. The molecule has 0 atom stereocenters. The van der Waals surface area contributed by atoms with Crippen molar-refractivity contribution in [2.24, 2.45) is 0 Å². The molecule has 0 fully saturated rings. The van der Waals surface area contributed by atoms with Crippen molar-refractivity contribution in [3.63, 3.8) is 0 Å². The van der Waals surface area contributed by atoms with Crippen molar-refractivity contribution in [2.75, 3.05) is 6.61 Å². The van der Waals surface area contributed by atoms with Crippen LogP contribution in [0, 0.1) is 0 Å². The summed E-state index contributed by atoms with van der Waals surface area (Å²) < 4.78 is 6.39. The first kappa shape index (κ1) is 14.2. The largest absolute Gasteiger partial charge is 0.493 e. The third-order valence-corrected chi connectivity index (χ3v) is 3.04. The summed E-state index contributed by atoms with van der Waals surface area (Å²) in [5.74, 6) is 0.861. The fraction of sp³-hybridized carbons (Fsp3) is 0.500. The van der Waals surface area contributed by atoms with Gasteiger partial charge in [-0.05, 0) is 31.5 Å². The third-order valence-electron chi connectivity index (χ3n) is 2.55. The molecule has 1 aromatic carbocycles. The topological polar surface area (TPSA) is 26.3 Å². The van der Waals surface area contributed by atoms with Crippen molar-refractivity contribution in [2.45, 2.75) is 39.5 Å². The summed E-state index contributed by atoms with van der Waals surface area (Å²) in [6.45, 7) is 4.64. The second-order valence-electron chi connectivity index (χ2n) is 3.95. The van der Waals surface area contributed by atoms with Crippen LogP contribution in [0.2, 0.25) is 0 Å². The molecular weight excluding hydrogens is 280 g/mol. The zero-order valence-electron chi connectivity index (χ0n) is 10.5. The molecule has 2 nitrogen and oxygen atoms in total. The zero-order valence-corrected chi connectivity index (χ0v) is 12.0. The summed E-state index contributed by atoms with van der Waals surface area (Å²) in [6.07, 6.45) is 3.78. The van der Waals surface area contributed by atoms with Crippen LogP contribution in [-0.2, 0) is 0 Å². The quantitative estimate of drug-likeness (QED) is 0.543. The molecule has 0 N–H and O–H groups in total. The zero-order chi connectivity index (χ0) is 12.7. The van der Waals surface area contributed by atoms with Gasteiger partial charge in [-0.1, -0.05) is 35.7 Å². The Labute approximate surface area is 111 Å². The Hall–Kier alpha value is -0.830. The van der Waals surface area contributed by atoms with Gasteiger partial charge < -0.3 is 4.74 Å². The molecule has 0 spiro atoms. The number of hydrogen-bond donors (Lipinski definition) is 0. The van der Waals surface area contributed by atoms with E-state index in [4.69, 9.17) is 4.74 Å². The van der Waals surface area contributed by atoms with Crippen LogP contribution in [0.3, 0.4) is 0 Å². The van der Waals surface area contributed by atoms with E-state index in [2.05, 4.69) is 22.9 Å². The molecule has 0 aliphatic rings.